The van der Waals surface area contributed by atoms with Gasteiger partial charge in [-0.05, 0) is 82.0 Å². The number of carbonyl (C=O) groups excluding carboxylic acids is 1. The van der Waals surface area contributed by atoms with Gasteiger partial charge in [-0.2, -0.15) is 0 Å². The second kappa shape index (κ2) is 9.47. The van der Waals surface area contributed by atoms with Crippen molar-refractivity contribution >= 4 is 29.0 Å². The van der Waals surface area contributed by atoms with Crippen LogP contribution in [0.15, 0.2) is 23.0 Å². The largest absolute Gasteiger partial charge is 0.352 e. The molecule has 1 fully saturated rings. The van der Waals surface area contributed by atoms with Gasteiger partial charge in [0.1, 0.15) is 0 Å². The predicted molar refractivity (Wildman–Crippen MR) is 115 cm³/mol. The molecule has 0 spiro atoms. The zero-order valence-corrected chi connectivity index (χ0v) is 17.6. The van der Waals surface area contributed by atoms with Gasteiger partial charge in [-0.15, -0.1) is 0 Å². The van der Waals surface area contributed by atoms with Crippen molar-refractivity contribution in [3.8, 4) is 0 Å². The molecule has 0 bridgehead atoms. The quantitative estimate of drug-likeness (QED) is 0.551. The van der Waals surface area contributed by atoms with Crippen molar-refractivity contribution in [2.45, 2.75) is 46.1 Å². The maximum absolute atomic E-state index is 12.4. The van der Waals surface area contributed by atoms with E-state index in [2.05, 4.69) is 22.1 Å². The fourth-order valence-electron chi connectivity index (χ4n) is 3.94. The number of fused-ring (bicyclic) bond motifs is 1. The number of hydrogen-bond donors (Lipinski definition) is 2. The van der Waals surface area contributed by atoms with Crippen LogP contribution in [-0.4, -0.2) is 46.5 Å². The van der Waals surface area contributed by atoms with E-state index in [0.29, 0.717) is 34.3 Å². The molecule has 7 heteroatoms. The Balaban J connectivity index is 1.53. The third-order valence-corrected chi connectivity index (χ3v) is 5.81. The minimum Gasteiger partial charge on any atom is -0.352 e. The summed E-state index contributed by atoms with van der Waals surface area (Å²) < 4.78 is 1.89. The van der Waals surface area contributed by atoms with E-state index >= 15 is 0 Å². The Morgan fingerprint density at radius 3 is 2.93 bits per heavy atom. The van der Waals surface area contributed by atoms with Gasteiger partial charge in [-0.3, -0.25) is 14.2 Å². The number of nitrogens with zero attached hydrogens (tertiary/aromatic N) is 2. The van der Waals surface area contributed by atoms with Crippen molar-refractivity contribution in [1.82, 2.24) is 19.8 Å². The van der Waals surface area contributed by atoms with Gasteiger partial charge in [0.15, 0.2) is 4.77 Å². The van der Waals surface area contributed by atoms with E-state index in [1.165, 1.54) is 30.5 Å². The number of likely N-dealkylation sites (tertiary alicyclic amines) is 1. The van der Waals surface area contributed by atoms with Crippen LogP contribution in [0.2, 0.25) is 0 Å². The second-order valence-corrected chi connectivity index (χ2v) is 8.14. The molecule has 1 saturated heterocycles. The van der Waals surface area contributed by atoms with Gasteiger partial charge in [0.2, 0.25) is 0 Å². The first-order valence-corrected chi connectivity index (χ1v) is 10.7. The van der Waals surface area contributed by atoms with Crippen LogP contribution in [0.1, 0.15) is 49.9 Å². The summed E-state index contributed by atoms with van der Waals surface area (Å²) in [6, 6.07) is 5.10. The van der Waals surface area contributed by atoms with Crippen molar-refractivity contribution < 1.29 is 4.79 Å². The summed E-state index contributed by atoms with van der Waals surface area (Å²) in [4.78, 5) is 30.5. The van der Waals surface area contributed by atoms with E-state index in [-0.39, 0.29) is 11.5 Å². The minimum atomic E-state index is -0.125. The number of amides is 1. The topological polar surface area (TPSA) is 70.1 Å². The van der Waals surface area contributed by atoms with Crippen LogP contribution >= 0.6 is 12.2 Å². The SMILES string of the molecule is CCn1c(=S)[nH]c2cc(C(=O)NCCCCN3CCCC(C)C3)ccc2c1=O. The molecule has 2 N–H and O–H groups in total. The van der Waals surface area contributed by atoms with Gasteiger partial charge in [0.05, 0.1) is 10.9 Å². The van der Waals surface area contributed by atoms with Crippen LogP contribution in [0.25, 0.3) is 10.9 Å². The maximum Gasteiger partial charge on any atom is 0.262 e. The van der Waals surface area contributed by atoms with E-state index < -0.39 is 0 Å². The molecule has 28 heavy (non-hydrogen) atoms. The third kappa shape index (κ3) is 4.89. The van der Waals surface area contributed by atoms with Crippen molar-refractivity contribution in [3.05, 3.63) is 38.9 Å². The summed E-state index contributed by atoms with van der Waals surface area (Å²) in [5.74, 6) is 0.683. The molecule has 2 aromatic rings. The number of unbranched alkanes of at least 4 members (excludes halogenated alkanes) is 1. The Kier molecular flexibility index (Phi) is 7.02. The third-order valence-electron chi connectivity index (χ3n) is 5.49. The van der Waals surface area contributed by atoms with Crippen LogP contribution in [0.4, 0.5) is 0 Å². The average molecular weight is 403 g/mol. The smallest absolute Gasteiger partial charge is 0.262 e. The molecule has 3 rings (SSSR count). The molecular weight excluding hydrogens is 372 g/mol. The lowest BCUT2D eigenvalue weighted by atomic mass is 10.0. The summed E-state index contributed by atoms with van der Waals surface area (Å²) in [6.45, 7) is 8.89. The predicted octanol–water partition coefficient (Wildman–Crippen LogP) is 3.32. The first-order valence-electron chi connectivity index (χ1n) is 10.3. The van der Waals surface area contributed by atoms with E-state index in [4.69, 9.17) is 12.2 Å². The van der Waals surface area contributed by atoms with E-state index in [1.807, 2.05) is 6.92 Å². The summed E-state index contributed by atoms with van der Waals surface area (Å²) in [5, 5.41) is 3.53. The molecule has 0 saturated carbocycles. The van der Waals surface area contributed by atoms with E-state index in [9.17, 15) is 9.59 Å². The van der Waals surface area contributed by atoms with Crippen LogP contribution in [0.5, 0.6) is 0 Å². The molecule has 1 amide bonds. The Morgan fingerprint density at radius 2 is 2.18 bits per heavy atom. The summed E-state index contributed by atoms with van der Waals surface area (Å²) in [5.41, 5.74) is 1.02. The summed E-state index contributed by atoms with van der Waals surface area (Å²) in [7, 11) is 0. The highest BCUT2D eigenvalue weighted by Crippen LogP contribution is 2.15. The fraction of sp³-hybridized carbons (Fsp3) is 0.571. The van der Waals surface area contributed by atoms with Crippen molar-refractivity contribution in [2.75, 3.05) is 26.2 Å². The van der Waals surface area contributed by atoms with E-state index in [0.717, 1.165) is 25.3 Å². The first kappa shape index (κ1) is 20.7. The Hall–Kier alpha value is -1.99. The zero-order chi connectivity index (χ0) is 20.1. The molecule has 0 aliphatic carbocycles. The molecule has 1 aromatic carbocycles. The molecule has 1 aliphatic heterocycles. The molecule has 2 heterocycles. The Morgan fingerprint density at radius 1 is 1.36 bits per heavy atom. The number of hydrogen-bond acceptors (Lipinski definition) is 4. The molecular formula is C21H30N4O2S. The molecule has 6 nitrogen and oxygen atoms in total. The zero-order valence-electron chi connectivity index (χ0n) is 16.8. The van der Waals surface area contributed by atoms with Gasteiger partial charge < -0.3 is 15.2 Å². The normalized spacial score (nSPS) is 17.7. The molecule has 1 aromatic heterocycles. The Labute approximate surface area is 170 Å². The summed E-state index contributed by atoms with van der Waals surface area (Å²) in [6.07, 6.45) is 4.70. The van der Waals surface area contributed by atoms with Gasteiger partial charge in [0, 0.05) is 25.2 Å². The molecule has 1 unspecified atom stereocenters. The van der Waals surface area contributed by atoms with Crippen molar-refractivity contribution in [3.63, 3.8) is 0 Å². The monoisotopic (exact) mass is 402 g/mol. The van der Waals surface area contributed by atoms with Crippen LogP contribution in [0, 0.1) is 10.7 Å². The van der Waals surface area contributed by atoms with Crippen molar-refractivity contribution in [1.29, 1.82) is 0 Å². The number of aromatic amines is 1. The maximum atomic E-state index is 12.4. The molecule has 1 atom stereocenters. The highest BCUT2D eigenvalue weighted by atomic mass is 32.1. The highest BCUT2D eigenvalue weighted by molar-refractivity contribution is 7.71. The molecule has 1 aliphatic rings. The molecule has 152 valence electrons. The van der Waals surface area contributed by atoms with Gasteiger partial charge in [-0.1, -0.05) is 6.92 Å². The lowest BCUT2D eigenvalue weighted by molar-refractivity contribution is 0.0952. The minimum absolute atomic E-state index is 0.118. The Bertz CT molecular complexity index is 950. The van der Waals surface area contributed by atoms with E-state index in [1.54, 1.807) is 18.2 Å². The number of H-pyrrole nitrogens is 1. The first-order chi connectivity index (χ1) is 13.5. The highest BCUT2D eigenvalue weighted by Gasteiger charge is 2.15. The number of rotatable bonds is 7. The number of piperidine rings is 1. The molecule has 0 radical (unpaired) electrons. The van der Waals surface area contributed by atoms with Gasteiger partial charge in [-0.25, -0.2) is 0 Å². The van der Waals surface area contributed by atoms with Crippen molar-refractivity contribution in [2.24, 2.45) is 5.92 Å². The number of aromatic nitrogens is 2. The van der Waals surface area contributed by atoms with Gasteiger partial charge >= 0.3 is 0 Å². The van der Waals surface area contributed by atoms with Crippen LogP contribution < -0.4 is 10.9 Å². The van der Waals surface area contributed by atoms with Gasteiger partial charge in [0.25, 0.3) is 11.5 Å². The standard InChI is InChI=1S/C21H30N4O2S/c1-3-25-20(27)17-9-8-16(13-18(17)23-21(25)28)19(26)22-10-4-5-11-24-12-6-7-15(2)14-24/h8-9,13,15H,3-7,10-12,14H2,1-2H3,(H,22,26)(H,23,28). The number of carbonyl (C=O) groups is 1. The second-order valence-electron chi connectivity index (χ2n) is 7.75. The number of nitrogens with one attached hydrogen (secondary N) is 2. The fourth-order valence-corrected chi connectivity index (χ4v) is 4.26. The lowest BCUT2D eigenvalue weighted by Crippen LogP contribution is -2.35. The number of benzene rings is 1. The summed E-state index contributed by atoms with van der Waals surface area (Å²) >= 11 is 5.24. The van der Waals surface area contributed by atoms with Crippen LogP contribution in [-0.2, 0) is 6.54 Å². The average Bonchev–Trinajstić information content (AvgIpc) is 2.67. The lowest BCUT2D eigenvalue weighted by Gasteiger charge is -2.30. The van der Waals surface area contributed by atoms with Crippen LogP contribution in [0.3, 0.4) is 0 Å².